The van der Waals surface area contributed by atoms with Gasteiger partial charge in [0.1, 0.15) is 10.7 Å². The van der Waals surface area contributed by atoms with Crippen molar-refractivity contribution in [2.75, 3.05) is 0 Å². The molecule has 2 N–H and O–H groups in total. The second kappa shape index (κ2) is 5.05. The highest BCUT2D eigenvalue weighted by Gasteiger charge is 2.07. The van der Waals surface area contributed by atoms with Gasteiger partial charge < -0.3 is 5.73 Å². The number of pyridine rings is 1. The highest BCUT2D eigenvalue weighted by atomic mass is 32.1. The van der Waals surface area contributed by atoms with Gasteiger partial charge in [-0.25, -0.2) is 9.78 Å². The molecule has 6 heteroatoms. The topological polar surface area (TPSA) is 73.8 Å². The third kappa shape index (κ3) is 2.60. The van der Waals surface area contributed by atoms with Gasteiger partial charge in [-0.05, 0) is 18.6 Å². The van der Waals surface area contributed by atoms with E-state index in [1.54, 1.807) is 18.5 Å². The number of rotatable bonds is 3. The maximum absolute atomic E-state index is 11.6. The Morgan fingerprint density at radius 3 is 3.00 bits per heavy atom. The number of hydrogen-bond donors (Lipinski definition) is 1. The van der Waals surface area contributed by atoms with E-state index in [2.05, 4.69) is 9.97 Å². The first kappa shape index (κ1) is 12.4. The molecule has 18 heavy (non-hydrogen) atoms. The molecular formula is C12H12N4OS. The van der Waals surface area contributed by atoms with Crippen LogP contribution in [0.15, 0.2) is 35.5 Å². The molecule has 2 heterocycles. The minimum Gasteiger partial charge on any atom is -0.388 e. The van der Waals surface area contributed by atoms with Crippen LogP contribution < -0.4 is 11.4 Å². The monoisotopic (exact) mass is 260 g/mol. The van der Waals surface area contributed by atoms with E-state index in [9.17, 15) is 4.79 Å². The zero-order valence-electron chi connectivity index (χ0n) is 9.83. The van der Waals surface area contributed by atoms with E-state index in [4.69, 9.17) is 18.0 Å². The van der Waals surface area contributed by atoms with Crippen LogP contribution in [0.5, 0.6) is 0 Å². The number of hydrogen-bond acceptors (Lipinski definition) is 4. The predicted octanol–water partition coefficient (Wildman–Crippen LogP) is 0.629. The molecule has 92 valence electrons. The summed E-state index contributed by atoms with van der Waals surface area (Å²) >= 11 is 4.94. The van der Waals surface area contributed by atoms with Crippen molar-refractivity contribution in [1.29, 1.82) is 0 Å². The summed E-state index contributed by atoms with van der Waals surface area (Å²) in [6.45, 7) is 2.23. The number of nitrogens with two attached hydrogens (primary N) is 1. The average molecular weight is 260 g/mol. The molecule has 0 aliphatic heterocycles. The Bertz CT molecular complexity index is 651. The lowest BCUT2D eigenvalue weighted by Crippen LogP contribution is -2.24. The van der Waals surface area contributed by atoms with Crippen LogP contribution in [0.25, 0.3) is 0 Å². The molecule has 0 aromatic carbocycles. The third-order valence-corrected chi connectivity index (χ3v) is 2.64. The predicted molar refractivity (Wildman–Crippen MR) is 72.5 cm³/mol. The minimum absolute atomic E-state index is 0.222. The van der Waals surface area contributed by atoms with Gasteiger partial charge in [-0.2, -0.15) is 0 Å². The van der Waals surface area contributed by atoms with Crippen molar-refractivity contribution in [2.24, 2.45) is 5.73 Å². The van der Waals surface area contributed by atoms with Crippen LogP contribution >= 0.6 is 12.2 Å². The summed E-state index contributed by atoms with van der Waals surface area (Å²) in [5.41, 5.74) is 7.55. The van der Waals surface area contributed by atoms with E-state index < -0.39 is 0 Å². The molecular weight excluding hydrogens is 248 g/mol. The molecule has 0 fully saturated rings. The van der Waals surface area contributed by atoms with Crippen molar-refractivity contribution in [1.82, 2.24) is 14.5 Å². The fraction of sp³-hybridized carbons (Fsp3) is 0.167. The maximum Gasteiger partial charge on any atom is 0.347 e. The van der Waals surface area contributed by atoms with Crippen LogP contribution in [0.4, 0.5) is 0 Å². The van der Waals surface area contributed by atoms with Gasteiger partial charge >= 0.3 is 5.69 Å². The van der Waals surface area contributed by atoms with Crippen molar-refractivity contribution >= 4 is 17.2 Å². The first-order valence-corrected chi connectivity index (χ1v) is 5.75. The quantitative estimate of drug-likeness (QED) is 0.819. The zero-order valence-corrected chi connectivity index (χ0v) is 10.6. The maximum atomic E-state index is 11.6. The van der Waals surface area contributed by atoms with Crippen molar-refractivity contribution in [3.63, 3.8) is 0 Å². The highest BCUT2D eigenvalue weighted by molar-refractivity contribution is 7.80. The van der Waals surface area contributed by atoms with Gasteiger partial charge in [-0.3, -0.25) is 9.55 Å². The first-order chi connectivity index (χ1) is 8.58. The van der Waals surface area contributed by atoms with Crippen LogP contribution in [0.3, 0.4) is 0 Å². The molecule has 0 saturated heterocycles. The zero-order chi connectivity index (χ0) is 13.1. The molecule has 0 radical (unpaired) electrons. The Balaban J connectivity index is 2.43. The molecule has 0 spiro atoms. The lowest BCUT2D eigenvalue weighted by molar-refractivity contribution is 0.717. The van der Waals surface area contributed by atoms with Crippen LogP contribution in [0.1, 0.15) is 16.8 Å². The number of aryl methyl sites for hydroxylation is 1. The van der Waals surface area contributed by atoms with Gasteiger partial charge in [0, 0.05) is 24.2 Å². The van der Waals surface area contributed by atoms with Crippen LogP contribution in [-0.4, -0.2) is 19.5 Å². The van der Waals surface area contributed by atoms with Gasteiger partial charge in [0.05, 0.1) is 6.54 Å². The molecule has 0 bridgehead atoms. The van der Waals surface area contributed by atoms with Crippen LogP contribution in [-0.2, 0) is 6.54 Å². The molecule has 0 unspecified atom stereocenters. The first-order valence-electron chi connectivity index (χ1n) is 5.34. The van der Waals surface area contributed by atoms with Crippen LogP contribution in [0.2, 0.25) is 0 Å². The lowest BCUT2D eigenvalue weighted by atomic mass is 10.2. The molecule has 0 amide bonds. The summed E-state index contributed by atoms with van der Waals surface area (Å²) in [6, 6.07) is 3.63. The standard InChI is InChI=1S/C12H12N4OS/c1-8-5-15-12(17)16(6-8)7-9-3-2-4-14-10(9)11(13)18/h2-6H,7H2,1H3,(H2,13,18). The van der Waals surface area contributed by atoms with E-state index in [0.29, 0.717) is 12.2 Å². The average Bonchev–Trinajstić information content (AvgIpc) is 2.34. The number of aromatic nitrogens is 3. The summed E-state index contributed by atoms with van der Waals surface area (Å²) in [5.74, 6) is 0. The summed E-state index contributed by atoms with van der Waals surface area (Å²) in [6.07, 6.45) is 4.90. The Labute approximate surface area is 109 Å². The third-order valence-electron chi connectivity index (χ3n) is 2.45. The van der Waals surface area contributed by atoms with E-state index in [-0.39, 0.29) is 10.7 Å². The normalized spacial score (nSPS) is 10.3. The van der Waals surface area contributed by atoms with Crippen molar-refractivity contribution in [2.45, 2.75) is 13.5 Å². The summed E-state index contributed by atoms with van der Waals surface area (Å²) < 4.78 is 1.51. The van der Waals surface area contributed by atoms with Gasteiger partial charge in [0.2, 0.25) is 0 Å². The van der Waals surface area contributed by atoms with Gasteiger partial charge in [-0.1, -0.05) is 18.3 Å². The van der Waals surface area contributed by atoms with Crippen LogP contribution in [0, 0.1) is 6.92 Å². The largest absolute Gasteiger partial charge is 0.388 e. The van der Waals surface area contributed by atoms with Gasteiger partial charge in [0.25, 0.3) is 0 Å². The van der Waals surface area contributed by atoms with Gasteiger partial charge in [-0.15, -0.1) is 0 Å². The molecule has 0 aliphatic rings. The summed E-state index contributed by atoms with van der Waals surface area (Å²) in [4.78, 5) is 19.7. The van der Waals surface area contributed by atoms with E-state index in [0.717, 1.165) is 11.1 Å². The summed E-state index contributed by atoms with van der Waals surface area (Å²) in [7, 11) is 0. The molecule has 2 rings (SSSR count). The number of thiocarbonyl (C=S) groups is 1. The molecule has 2 aromatic heterocycles. The molecule has 2 aromatic rings. The number of nitrogens with zero attached hydrogens (tertiary/aromatic N) is 3. The highest BCUT2D eigenvalue weighted by Crippen LogP contribution is 2.07. The van der Waals surface area contributed by atoms with E-state index in [1.165, 1.54) is 10.8 Å². The Kier molecular flexibility index (Phi) is 3.47. The van der Waals surface area contributed by atoms with Crippen molar-refractivity contribution in [3.05, 3.63) is 58.0 Å². The van der Waals surface area contributed by atoms with Crippen molar-refractivity contribution < 1.29 is 0 Å². The Morgan fingerprint density at radius 1 is 1.50 bits per heavy atom. The van der Waals surface area contributed by atoms with E-state index in [1.807, 2.05) is 13.0 Å². The molecule has 5 nitrogen and oxygen atoms in total. The fourth-order valence-corrected chi connectivity index (χ4v) is 1.83. The second-order valence-electron chi connectivity index (χ2n) is 3.92. The van der Waals surface area contributed by atoms with Crippen molar-refractivity contribution in [3.8, 4) is 0 Å². The van der Waals surface area contributed by atoms with Gasteiger partial charge in [0.15, 0.2) is 0 Å². The van der Waals surface area contributed by atoms with E-state index >= 15 is 0 Å². The fourth-order valence-electron chi connectivity index (χ4n) is 1.65. The Morgan fingerprint density at radius 2 is 2.28 bits per heavy atom. The molecule has 0 saturated carbocycles. The second-order valence-corrected chi connectivity index (χ2v) is 4.36. The summed E-state index contributed by atoms with van der Waals surface area (Å²) in [5, 5.41) is 0. The smallest absolute Gasteiger partial charge is 0.347 e. The Hall–Kier alpha value is -2.08. The lowest BCUT2D eigenvalue weighted by Gasteiger charge is -2.09. The molecule has 0 aliphatic carbocycles. The molecule has 0 atom stereocenters. The SMILES string of the molecule is Cc1cnc(=O)n(Cc2cccnc2C(N)=S)c1. The minimum atomic E-state index is -0.307.